The zero-order valence-electron chi connectivity index (χ0n) is 8.66. The van der Waals surface area contributed by atoms with Crippen molar-refractivity contribution in [2.24, 2.45) is 0 Å². The van der Waals surface area contributed by atoms with Gasteiger partial charge in [0.25, 0.3) is 0 Å². The molecule has 1 N–H and O–H groups in total. The van der Waals surface area contributed by atoms with E-state index in [0.29, 0.717) is 0 Å². The monoisotopic (exact) mass is 185 g/mol. The molecule has 0 saturated carbocycles. The molecule has 3 nitrogen and oxygen atoms in total. The number of likely N-dealkylation sites (N-methyl/N-ethyl adjacent to an activating group) is 1. The molecule has 13 heavy (non-hydrogen) atoms. The molecule has 0 saturated heterocycles. The first kappa shape index (κ1) is 12.2. The molecule has 3 heteroatoms. The van der Waals surface area contributed by atoms with E-state index in [1.807, 2.05) is 26.8 Å². The molecule has 0 aromatic carbocycles. The van der Waals surface area contributed by atoms with E-state index in [-0.39, 0.29) is 18.5 Å². The highest BCUT2D eigenvalue weighted by Crippen LogP contribution is 2.09. The van der Waals surface area contributed by atoms with Gasteiger partial charge in [0.1, 0.15) is 0 Å². The average Bonchev–Trinajstić information content (AvgIpc) is 2.03. The van der Waals surface area contributed by atoms with Crippen molar-refractivity contribution in [2.45, 2.75) is 39.3 Å². The first-order valence-electron chi connectivity index (χ1n) is 4.63. The van der Waals surface area contributed by atoms with Gasteiger partial charge in [-0.2, -0.15) is 0 Å². The minimum atomic E-state index is -0.748. The summed E-state index contributed by atoms with van der Waals surface area (Å²) in [6, 6.07) is 0.301. The van der Waals surface area contributed by atoms with Crippen molar-refractivity contribution in [3.63, 3.8) is 0 Å². The van der Waals surface area contributed by atoms with Crippen molar-refractivity contribution in [2.75, 3.05) is 6.54 Å². The van der Waals surface area contributed by atoms with Gasteiger partial charge in [-0.15, -0.1) is 6.58 Å². The number of hydrogen-bond donors (Lipinski definition) is 1. The highest BCUT2D eigenvalue weighted by atomic mass is 16.4. The van der Waals surface area contributed by atoms with E-state index in [4.69, 9.17) is 5.11 Å². The average molecular weight is 185 g/mol. The van der Waals surface area contributed by atoms with Crippen molar-refractivity contribution in [3.05, 3.63) is 12.7 Å². The van der Waals surface area contributed by atoms with Crippen LogP contribution in [0.5, 0.6) is 0 Å². The lowest BCUT2D eigenvalue weighted by Gasteiger charge is -2.30. The number of carbonyl (C=O) groups is 1. The van der Waals surface area contributed by atoms with Crippen LogP contribution in [0.3, 0.4) is 0 Å². The maximum Gasteiger partial charge on any atom is 0.304 e. The van der Waals surface area contributed by atoms with E-state index in [9.17, 15) is 4.79 Å². The zero-order chi connectivity index (χ0) is 10.4. The van der Waals surface area contributed by atoms with Crippen LogP contribution in [0.1, 0.15) is 27.2 Å². The van der Waals surface area contributed by atoms with E-state index in [0.717, 1.165) is 6.54 Å². The Morgan fingerprint density at radius 2 is 2.15 bits per heavy atom. The molecule has 2 unspecified atom stereocenters. The SMILES string of the molecule is C=CC(C)N(CC)C(C)CC(=O)O. The van der Waals surface area contributed by atoms with Gasteiger partial charge in [0.05, 0.1) is 6.42 Å². The summed E-state index contributed by atoms with van der Waals surface area (Å²) in [4.78, 5) is 12.6. The van der Waals surface area contributed by atoms with Crippen LogP contribution in [0.2, 0.25) is 0 Å². The first-order valence-corrected chi connectivity index (χ1v) is 4.63. The van der Waals surface area contributed by atoms with Crippen molar-refractivity contribution >= 4 is 5.97 Å². The maximum atomic E-state index is 10.5. The van der Waals surface area contributed by atoms with Gasteiger partial charge in [0.2, 0.25) is 0 Å². The quantitative estimate of drug-likeness (QED) is 0.641. The van der Waals surface area contributed by atoms with Crippen LogP contribution in [0.15, 0.2) is 12.7 Å². The lowest BCUT2D eigenvalue weighted by Crippen LogP contribution is -2.40. The van der Waals surface area contributed by atoms with E-state index >= 15 is 0 Å². The van der Waals surface area contributed by atoms with Gasteiger partial charge in [0, 0.05) is 12.1 Å². The van der Waals surface area contributed by atoms with E-state index < -0.39 is 5.97 Å². The van der Waals surface area contributed by atoms with Crippen molar-refractivity contribution in [1.29, 1.82) is 0 Å². The van der Waals surface area contributed by atoms with E-state index in [1.165, 1.54) is 0 Å². The van der Waals surface area contributed by atoms with E-state index in [2.05, 4.69) is 11.5 Å². The fourth-order valence-corrected chi connectivity index (χ4v) is 1.51. The number of hydrogen-bond acceptors (Lipinski definition) is 2. The van der Waals surface area contributed by atoms with Gasteiger partial charge in [-0.05, 0) is 20.4 Å². The molecule has 0 radical (unpaired) electrons. The Morgan fingerprint density at radius 1 is 1.62 bits per heavy atom. The molecule has 0 bridgehead atoms. The van der Waals surface area contributed by atoms with Crippen molar-refractivity contribution in [3.8, 4) is 0 Å². The highest BCUT2D eigenvalue weighted by Gasteiger charge is 2.18. The second-order valence-electron chi connectivity index (χ2n) is 3.25. The largest absolute Gasteiger partial charge is 0.481 e. The molecular weight excluding hydrogens is 166 g/mol. The van der Waals surface area contributed by atoms with Crippen LogP contribution >= 0.6 is 0 Å². The summed E-state index contributed by atoms with van der Waals surface area (Å²) in [6.45, 7) is 10.5. The van der Waals surface area contributed by atoms with Crippen LogP contribution < -0.4 is 0 Å². The number of rotatable bonds is 6. The molecule has 0 fully saturated rings. The summed E-state index contributed by atoms with van der Waals surface area (Å²) >= 11 is 0. The molecule has 0 heterocycles. The maximum absolute atomic E-state index is 10.5. The van der Waals surface area contributed by atoms with Gasteiger partial charge >= 0.3 is 5.97 Å². The second kappa shape index (κ2) is 5.75. The molecule has 0 aliphatic heterocycles. The molecule has 0 amide bonds. The first-order chi connectivity index (χ1) is 6.02. The molecular formula is C10H19NO2. The number of carboxylic acid groups (broad SMARTS) is 1. The molecule has 0 spiro atoms. The fourth-order valence-electron chi connectivity index (χ4n) is 1.51. The standard InChI is InChI=1S/C10H19NO2/c1-5-8(3)11(6-2)9(4)7-10(12)13/h5,8-9H,1,6-7H2,2-4H3,(H,12,13). The summed E-state index contributed by atoms with van der Waals surface area (Å²) in [5.41, 5.74) is 0. The lowest BCUT2D eigenvalue weighted by molar-refractivity contribution is -0.138. The summed E-state index contributed by atoms with van der Waals surface area (Å²) in [7, 11) is 0. The van der Waals surface area contributed by atoms with Crippen LogP contribution in [-0.4, -0.2) is 34.6 Å². The van der Waals surface area contributed by atoms with Crippen LogP contribution in [0.4, 0.5) is 0 Å². The Labute approximate surface area is 80.0 Å². The minimum absolute atomic E-state index is 0.0653. The van der Waals surface area contributed by atoms with E-state index in [1.54, 1.807) is 0 Å². The highest BCUT2D eigenvalue weighted by molar-refractivity contribution is 5.67. The van der Waals surface area contributed by atoms with Crippen molar-refractivity contribution in [1.82, 2.24) is 4.90 Å². The lowest BCUT2D eigenvalue weighted by atomic mass is 10.1. The summed E-state index contributed by atoms with van der Waals surface area (Å²) in [5.74, 6) is -0.748. The molecule has 76 valence electrons. The molecule has 2 atom stereocenters. The molecule has 0 aliphatic rings. The molecule has 0 aromatic rings. The van der Waals surface area contributed by atoms with Gasteiger partial charge < -0.3 is 5.11 Å². The summed E-state index contributed by atoms with van der Waals surface area (Å²) < 4.78 is 0. The zero-order valence-corrected chi connectivity index (χ0v) is 8.66. The summed E-state index contributed by atoms with van der Waals surface area (Å²) in [5, 5.41) is 8.63. The van der Waals surface area contributed by atoms with Gasteiger partial charge in [-0.1, -0.05) is 13.0 Å². The van der Waals surface area contributed by atoms with Gasteiger partial charge in [-0.25, -0.2) is 0 Å². The Hall–Kier alpha value is -0.830. The van der Waals surface area contributed by atoms with Gasteiger partial charge in [-0.3, -0.25) is 9.69 Å². The van der Waals surface area contributed by atoms with Gasteiger partial charge in [0.15, 0.2) is 0 Å². The number of nitrogens with zero attached hydrogens (tertiary/aromatic N) is 1. The normalized spacial score (nSPS) is 15.4. The second-order valence-corrected chi connectivity index (χ2v) is 3.25. The third kappa shape index (κ3) is 4.08. The van der Waals surface area contributed by atoms with Crippen molar-refractivity contribution < 1.29 is 9.90 Å². The smallest absolute Gasteiger partial charge is 0.304 e. The molecule has 0 aliphatic carbocycles. The third-order valence-electron chi connectivity index (χ3n) is 2.27. The Bertz CT molecular complexity index is 180. The topological polar surface area (TPSA) is 40.5 Å². The minimum Gasteiger partial charge on any atom is -0.481 e. The fraction of sp³-hybridized carbons (Fsp3) is 0.700. The number of carboxylic acids is 1. The Kier molecular flexibility index (Phi) is 5.39. The van der Waals surface area contributed by atoms with Crippen LogP contribution in [0, 0.1) is 0 Å². The summed E-state index contributed by atoms with van der Waals surface area (Å²) in [6.07, 6.45) is 2.02. The van der Waals surface area contributed by atoms with Crippen LogP contribution in [-0.2, 0) is 4.79 Å². The number of aliphatic carboxylic acids is 1. The predicted molar refractivity (Wildman–Crippen MR) is 53.8 cm³/mol. The molecule has 0 aromatic heterocycles. The Balaban J connectivity index is 4.21. The predicted octanol–water partition coefficient (Wildman–Crippen LogP) is 1.75. The Morgan fingerprint density at radius 3 is 2.46 bits per heavy atom. The third-order valence-corrected chi connectivity index (χ3v) is 2.27. The molecule has 0 rings (SSSR count). The van der Waals surface area contributed by atoms with Crippen LogP contribution in [0.25, 0.3) is 0 Å².